The topological polar surface area (TPSA) is 63.7 Å². The Bertz CT molecular complexity index is 1190. The lowest BCUT2D eigenvalue weighted by Crippen LogP contribution is -2.18. The van der Waals surface area contributed by atoms with Crippen LogP contribution in [0.2, 0.25) is 0 Å². The van der Waals surface area contributed by atoms with E-state index in [1.54, 1.807) is 18.3 Å². The summed E-state index contributed by atoms with van der Waals surface area (Å²) < 4.78 is 47.3. The van der Waals surface area contributed by atoms with Gasteiger partial charge in [-0.2, -0.15) is 0 Å². The number of pyridine rings is 1. The van der Waals surface area contributed by atoms with E-state index in [0.717, 1.165) is 55.0 Å². The minimum absolute atomic E-state index is 0.0923. The van der Waals surface area contributed by atoms with Crippen molar-refractivity contribution in [3.63, 3.8) is 0 Å². The normalized spacial score (nSPS) is 15.3. The van der Waals surface area contributed by atoms with Crippen molar-refractivity contribution in [3.05, 3.63) is 60.3 Å². The Morgan fingerprint density at radius 3 is 2.50 bits per heavy atom. The summed E-state index contributed by atoms with van der Waals surface area (Å²) in [5.41, 5.74) is 2.07. The van der Waals surface area contributed by atoms with E-state index in [2.05, 4.69) is 19.9 Å². The highest BCUT2D eigenvalue weighted by Crippen LogP contribution is 2.40. The van der Waals surface area contributed by atoms with E-state index >= 15 is 0 Å². The predicted octanol–water partition coefficient (Wildman–Crippen LogP) is 5.61. The number of aromatic nitrogens is 1. The van der Waals surface area contributed by atoms with E-state index in [1.807, 2.05) is 18.2 Å². The molecule has 9 heteroatoms. The van der Waals surface area contributed by atoms with Crippen LogP contribution in [0.3, 0.4) is 0 Å². The van der Waals surface area contributed by atoms with Crippen LogP contribution in [0.1, 0.15) is 23.2 Å². The highest BCUT2D eigenvalue weighted by molar-refractivity contribution is 6.08. The summed E-state index contributed by atoms with van der Waals surface area (Å²) in [7, 11) is 0. The van der Waals surface area contributed by atoms with Crippen molar-refractivity contribution >= 4 is 17.4 Å². The molecule has 6 nitrogen and oxygen atoms in total. The molecule has 1 aromatic heterocycles. The summed E-state index contributed by atoms with van der Waals surface area (Å²) in [5.74, 6) is 0.486. The first-order chi connectivity index (χ1) is 15.4. The molecule has 0 saturated carbocycles. The molecule has 0 atom stereocenters. The Labute approximate surface area is 181 Å². The van der Waals surface area contributed by atoms with Crippen molar-refractivity contribution in [2.24, 2.45) is 0 Å². The second-order valence-electron chi connectivity index (χ2n) is 7.57. The Hall–Kier alpha value is -3.75. The number of nitrogens with one attached hydrogen (secondary N) is 1. The molecule has 2 aromatic carbocycles. The number of hydrogen-bond donors (Lipinski definition) is 1. The fourth-order valence-corrected chi connectivity index (χ4v) is 3.89. The number of amides is 1. The fraction of sp³-hybridized carbons (Fsp3) is 0.217. The average Bonchev–Trinajstić information content (AvgIpc) is 3.25. The van der Waals surface area contributed by atoms with Crippen molar-refractivity contribution < 1.29 is 27.4 Å². The second kappa shape index (κ2) is 7.74. The lowest BCUT2D eigenvalue weighted by atomic mass is 10.0. The molecule has 1 amide bonds. The number of rotatable bonds is 3. The molecule has 0 aliphatic carbocycles. The van der Waals surface area contributed by atoms with Gasteiger partial charge in [-0.15, -0.1) is 13.2 Å². The first-order valence-corrected chi connectivity index (χ1v) is 10.1. The quantitative estimate of drug-likeness (QED) is 0.573. The molecule has 0 spiro atoms. The summed E-state index contributed by atoms with van der Waals surface area (Å²) in [5, 5.41) is 2.61. The number of benzene rings is 2. The van der Waals surface area contributed by atoms with Crippen LogP contribution in [0, 0.1) is 0 Å². The molecule has 1 N–H and O–H groups in total. The second-order valence-corrected chi connectivity index (χ2v) is 7.57. The highest BCUT2D eigenvalue weighted by atomic mass is 19.4. The third kappa shape index (κ3) is 4.05. The molecule has 2 aliphatic rings. The maximum atomic E-state index is 12.8. The van der Waals surface area contributed by atoms with Crippen molar-refractivity contribution in [1.29, 1.82) is 0 Å². The average molecular weight is 441 g/mol. The lowest BCUT2D eigenvalue weighted by molar-refractivity contribution is -0.274. The van der Waals surface area contributed by atoms with Crippen LogP contribution in [0.5, 0.6) is 17.2 Å². The van der Waals surface area contributed by atoms with E-state index in [-0.39, 0.29) is 17.0 Å². The van der Waals surface area contributed by atoms with Crippen LogP contribution in [0.25, 0.3) is 11.1 Å². The van der Waals surface area contributed by atoms with Crippen molar-refractivity contribution in [2.75, 3.05) is 23.3 Å². The molecule has 1 fully saturated rings. The molecule has 5 rings (SSSR count). The van der Waals surface area contributed by atoms with E-state index in [4.69, 9.17) is 4.74 Å². The Balaban J connectivity index is 1.45. The molecule has 0 unspecified atom stereocenters. The van der Waals surface area contributed by atoms with Gasteiger partial charge in [-0.1, -0.05) is 6.07 Å². The zero-order valence-electron chi connectivity index (χ0n) is 16.8. The number of hydrogen-bond acceptors (Lipinski definition) is 5. The number of carbonyl (C=O) groups is 1. The van der Waals surface area contributed by atoms with Gasteiger partial charge in [0.05, 0.1) is 11.3 Å². The number of anilines is 2. The van der Waals surface area contributed by atoms with Gasteiger partial charge in [0, 0.05) is 25.4 Å². The van der Waals surface area contributed by atoms with Crippen LogP contribution in [0.15, 0.2) is 54.7 Å². The third-order valence-electron chi connectivity index (χ3n) is 5.39. The Morgan fingerprint density at radius 1 is 0.969 bits per heavy atom. The van der Waals surface area contributed by atoms with Crippen LogP contribution in [-0.4, -0.2) is 30.3 Å². The minimum atomic E-state index is -4.83. The number of carbonyl (C=O) groups excluding carboxylic acids is 1. The van der Waals surface area contributed by atoms with Gasteiger partial charge < -0.3 is 19.7 Å². The van der Waals surface area contributed by atoms with Gasteiger partial charge in [0.1, 0.15) is 17.3 Å². The Kier molecular flexibility index (Phi) is 4.88. The van der Waals surface area contributed by atoms with Crippen LogP contribution >= 0.6 is 0 Å². The fourth-order valence-electron chi connectivity index (χ4n) is 3.89. The summed E-state index contributed by atoms with van der Waals surface area (Å²) in [6.45, 7) is 1.93. The standard InChI is InChI=1S/C23H18F3N3O3/c24-23(25,26)32-16-4-6-20-18(13-16)28-22(30)17-11-14(3-5-19(17)31-20)15-7-8-27-21(12-15)29-9-1-2-10-29/h3-8,11-13H,1-2,9-10H2,(H,28,30). The molecular weight excluding hydrogens is 423 g/mol. The van der Waals surface area contributed by atoms with Crippen LogP contribution < -0.4 is 19.7 Å². The Morgan fingerprint density at radius 2 is 1.72 bits per heavy atom. The van der Waals surface area contributed by atoms with Crippen molar-refractivity contribution in [2.45, 2.75) is 19.2 Å². The maximum Gasteiger partial charge on any atom is 0.573 e. The first kappa shape index (κ1) is 20.2. The van der Waals surface area contributed by atoms with Gasteiger partial charge in [0.2, 0.25) is 0 Å². The number of alkyl halides is 3. The van der Waals surface area contributed by atoms with Gasteiger partial charge >= 0.3 is 6.36 Å². The van der Waals surface area contributed by atoms with Gasteiger partial charge in [0.25, 0.3) is 5.91 Å². The number of ether oxygens (including phenoxy) is 2. The molecule has 3 aromatic rings. The number of nitrogens with zero attached hydrogens (tertiary/aromatic N) is 2. The molecule has 0 bridgehead atoms. The zero-order valence-corrected chi connectivity index (χ0v) is 16.8. The zero-order chi connectivity index (χ0) is 22.3. The molecule has 3 heterocycles. The number of halogens is 3. The predicted molar refractivity (Wildman–Crippen MR) is 112 cm³/mol. The largest absolute Gasteiger partial charge is 0.573 e. The number of fused-ring (bicyclic) bond motifs is 2. The molecule has 0 radical (unpaired) electrons. The van der Waals surface area contributed by atoms with Gasteiger partial charge in [-0.05, 0) is 60.4 Å². The van der Waals surface area contributed by atoms with Gasteiger partial charge in [-0.25, -0.2) is 4.98 Å². The third-order valence-corrected chi connectivity index (χ3v) is 5.39. The SMILES string of the molecule is O=C1Nc2cc(OC(F)(F)F)ccc2Oc2ccc(-c3ccnc(N4CCCC4)c3)cc21. The van der Waals surface area contributed by atoms with E-state index in [9.17, 15) is 18.0 Å². The summed E-state index contributed by atoms with van der Waals surface area (Å²) in [4.78, 5) is 19.5. The van der Waals surface area contributed by atoms with Crippen LogP contribution in [-0.2, 0) is 0 Å². The first-order valence-electron chi connectivity index (χ1n) is 10.1. The minimum Gasteiger partial charge on any atom is -0.454 e. The lowest BCUT2D eigenvalue weighted by Gasteiger charge is -2.17. The van der Waals surface area contributed by atoms with E-state index < -0.39 is 18.0 Å². The van der Waals surface area contributed by atoms with Crippen LogP contribution in [0.4, 0.5) is 24.7 Å². The smallest absolute Gasteiger partial charge is 0.454 e. The summed E-state index contributed by atoms with van der Waals surface area (Å²) >= 11 is 0. The summed E-state index contributed by atoms with van der Waals surface area (Å²) in [6.07, 6.45) is -0.819. The molecular formula is C23H18F3N3O3. The molecule has 2 aliphatic heterocycles. The van der Waals surface area contributed by atoms with E-state index in [1.165, 1.54) is 6.07 Å². The van der Waals surface area contributed by atoms with E-state index in [0.29, 0.717) is 5.75 Å². The molecule has 164 valence electrons. The van der Waals surface area contributed by atoms with Gasteiger partial charge in [-0.3, -0.25) is 4.79 Å². The summed E-state index contributed by atoms with van der Waals surface area (Å²) in [6, 6.07) is 12.6. The highest BCUT2D eigenvalue weighted by Gasteiger charge is 2.32. The molecule has 32 heavy (non-hydrogen) atoms. The monoisotopic (exact) mass is 441 g/mol. The van der Waals surface area contributed by atoms with Gasteiger partial charge in [0.15, 0.2) is 5.75 Å². The molecule has 1 saturated heterocycles. The van der Waals surface area contributed by atoms with Crippen molar-refractivity contribution in [3.8, 4) is 28.4 Å². The van der Waals surface area contributed by atoms with Crippen molar-refractivity contribution in [1.82, 2.24) is 4.98 Å². The maximum absolute atomic E-state index is 12.8.